The average Bonchev–Trinajstić information content (AvgIpc) is 2.72. The van der Waals surface area contributed by atoms with E-state index in [-0.39, 0.29) is 28.1 Å². The van der Waals surface area contributed by atoms with E-state index in [0.29, 0.717) is 31.7 Å². The van der Waals surface area contributed by atoms with Crippen LogP contribution in [0.15, 0.2) is 41.3 Å². The summed E-state index contributed by atoms with van der Waals surface area (Å²) in [6, 6.07) is 8.61. The van der Waals surface area contributed by atoms with Gasteiger partial charge in [0.15, 0.2) is 0 Å². The molecule has 1 fully saturated rings. The van der Waals surface area contributed by atoms with Gasteiger partial charge in [0.05, 0.1) is 12.5 Å². The quantitative estimate of drug-likeness (QED) is 0.708. The minimum atomic E-state index is -3.91. The molecule has 0 unspecified atom stereocenters. The maximum atomic E-state index is 13.5. The van der Waals surface area contributed by atoms with Gasteiger partial charge in [-0.2, -0.15) is 4.31 Å². The van der Waals surface area contributed by atoms with E-state index in [0.717, 1.165) is 5.56 Å². The van der Waals surface area contributed by atoms with Crippen LogP contribution in [0.3, 0.4) is 0 Å². The fourth-order valence-corrected chi connectivity index (χ4v) is 5.35. The molecule has 1 aliphatic rings. The SMILES string of the molecule is CCOc1ccc(Cl)cc1S(=O)(=O)N1CCC[C@H](C(=O)Nc2cc(F)ccc2C)C1. The van der Waals surface area contributed by atoms with Crippen molar-refractivity contribution in [3.63, 3.8) is 0 Å². The van der Waals surface area contributed by atoms with Gasteiger partial charge >= 0.3 is 0 Å². The third kappa shape index (κ3) is 4.94. The van der Waals surface area contributed by atoms with Gasteiger partial charge < -0.3 is 10.1 Å². The van der Waals surface area contributed by atoms with E-state index in [4.69, 9.17) is 16.3 Å². The van der Waals surface area contributed by atoms with Crippen molar-refractivity contribution in [1.29, 1.82) is 0 Å². The van der Waals surface area contributed by atoms with Crippen molar-refractivity contribution in [3.8, 4) is 5.75 Å². The van der Waals surface area contributed by atoms with Crippen LogP contribution in [0.2, 0.25) is 5.02 Å². The van der Waals surface area contributed by atoms with Crippen LogP contribution >= 0.6 is 11.6 Å². The minimum absolute atomic E-state index is 0.0149. The van der Waals surface area contributed by atoms with Crippen LogP contribution in [0.5, 0.6) is 5.75 Å². The van der Waals surface area contributed by atoms with Crippen LogP contribution in [0.1, 0.15) is 25.3 Å². The number of benzene rings is 2. The zero-order valence-electron chi connectivity index (χ0n) is 16.8. The Morgan fingerprint density at radius 3 is 2.80 bits per heavy atom. The van der Waals surface area contributed by atoms with Gasteiger partial charge in [-0.3, -0.25) is 4.79 Å². The summed E-state index contributed by atoms with van der Waals surface area (Å²) in [5.41, 5.74) is 1.11. The third-order valence-electron chi connectivity index (χ3n) is 5.04. The van der Waals surface area contributed by atoms with Crippen molar-refractivity contribution in [2.45, 2.75) is 31.6 Å². The zero-order valence-corrected chi connectivity index (χ0v) is 18.4. The van der Waals surface area contributed by atoms with Crippen molar-refractivity contribution in [3.05, 3.63) is 52.8 Å². The summed E-state index contributed by atoms with van der Waals surface area (Å²) >= 11 is 6.03. The summed E-state index contributed by atoms with van der Waals surface area (Å²) < 4.78 is 46.8. The molecule has 162 valence electrons. The molecule has 30 heavy (non-hydrogen) atoms. The Morgan fingerprint density at radius 2 is 2.07 bits per heavy atom. The Morgan fingerprint density at radius 1 is 1.30 bits per heavy atom. The number of carbonyl (C=O) groups is 1. The average molecular weight is 455 g/mol. The summed E-state index contributed by atoms with van der Waals surface area (Å²) in [6.45, 7) is 4.16. The molecule has 0 radical (unpaired) electrons. The molecule has 0 saturated carbocycles. The number of rotatable bonds is 6. The predicted molar refractivity (Wildman–Crippen MR) is 114 cm³/mol. The number of nitrogens with one attached hydrogen (secondary N) is 1. The molecule has 2 aromatic rings. The molecule has 0 spiro atoms. The maximum Gasteiger partial charge on any atom is 0.246 e. The number of anilines is 1. The molecule has 0 bridgehead atoms. The molecular weight excluding hydrogens is 431 g/mol. The summed E-state index contributed by atoms with van der Waals surface area (Å²) in [6.07, 6.45) is 1.07. The van der Waals surface area contributed by atoms with Crippen molar-refractivity contribution in [2.75, 3.05) is 25.0 Å². The number of ether oxygens (including phenoxy) is 1. The lowest BCUT2D eigenvalue weighted by Crippen LogP contribution is -2.43. The van der Waals surface area contributed by atoms with Gasteiger partial charge in [0.2, 0.25) is 15.9 Å². The van der Waals surface area contributed by atoms with E-state index in [2.05, 4.69) is 5.32 Å². The first-order valence-electron chi connectivity index (χ1n) is 9.72. The molecule has 0 aromatic heterocycles. The van der Waals surface area contributed by atoms with Crippen molar-refractivity contribution >= 4 is 33.2 Å². The molecule has 1 N–H and O–H groups in total. The van der Waals surface area contributed by atoms with E-state index in [9.17, 15) is 17.6 Å². The van der Waals surface area contributed by atoms with Crippen LogP contribution in [0.25, 0.3) is 0 Å². The lowest BCUT2D eigenvalue weighted by Gasteiger charge is -2.31. The highest BCUT2D eigenvalue weighted by Gasteiger charge is 2.35. The van der Waals surface area contributed by atoms with Crippen LogP contribution in [0.4, 0.5) is 10.1 Å². The second kappa shape index (κ2) is 9.32. The van der Waals surface area contributed by atoms with Crippen molar-refractivity contribution in [2.24, 2.45) is 5.92 Å². The topological polar surface area (TPSA) is 75.7 Å². The normalized spacial score (nSPS) is 17.5. The number of amides is 1. The number of hydrogen-bond acceptors (Lipinski definition) is 4. The Bertz CT molecular complexity index is 1050. The molecule has 1 saturated heterocycles. The Labute approximate surface area is 181 Å². The van der Waals surface area contributed by atoms with Gasteiger partial charge in [-0.1, -0.05) is 17.7 Å². The number of halogens is 2. The van der Waals surface area contributed by atoms with Crippen LogP contribution < -0.4 is 10.1 Å². The first-order valence-corrected chi connectivity index (χ1v) is 11.5. The monoisotopic (exact) mass is 454 g/mol. The van der Waals surface area contributed by atoms with Gasteiger partial charge in [-0.25, -0.2) is 12.8 Å². The maximum absolute atomic E-state index is 13.5. The first kappa shape index (κ1) is 22.5. The molecule has 1 aliphatic heterocycles. The molecule has 6 nitrogen and oxygen atoms in total. The summed E-state index contributed by atoms with van der Waals surface area (Å²) in [5.74, 6) is -1.11. The van der Waals surface area contributed by atoms with Crippen LogP contribution in [0, 0.1) is 18.7 Å². The molecular formula is C21H24ClFN2O4S. The number of sulfonamides is 1. The molecule has 9 heteroatoms. The van der Waals surface area contributed by atoms with Gasteiger partial charge in [-0.15, -0.1) is 0 Å². The smallest absolute Gasteiger partial charge is 0.246 e. The van der Waals surface area contributed by atoms with Crippen LogP contribution in [-0.2, 0) is 14.8 Å². The number of hydrogen-bond donors (Lipinski definition) is 1. The second-order valence-corrected chi connectivity index (χ2v) is 9.52. The largest absolute Gasteiger partial charge is 0.492 e. The highest BCUT2D eigenvalue weighted by atomic mass is 35.5. The number of aryl methyl sites for hydroxylation is 1. The van der Waals surface area contributed by atoms with E-state index in [1.54, 1.807) is 26.0 Å². The Hall–Kier alpha value is -2.16. The Kier molecular flexibility index (Phi) is 7.00. The van der Waals surface area contributed by atoms with Gasteiger partial charge in [0.25, 0.3) is 0 Å². The van der Waals surface area contributed by atoms with Gasteiger partial charge in [0, 0.05) is 23.8 Å². The lowest BCUT2D eigenvalue weighted by atomic mass is 9.98. The highest BCUT2D eigenvalue weighted by Crippen LogP contribution is 2.32. The molecule has 1 heterocycles. The second-order valence-electron chi connectivity index (χ2n) is 7.17. The molecule has 1 atom stereocenters. The summed E-state index contributed by atoms with van der Waals surface area (Å²) in [4.78, 5) is 12.7. The van der Waals surface area contributed by atoms with Crippen molar-refractivity contribution < 1.29 is 22.3 Å². The fraction of sp³-hybridized carbons (Fsp3) is 0.381. The Balaban J connectivity index is 1.81. The van der Waals surface area contributed by atoms with E-state index in [1.807, 2.05) is 0 Å². The van der Waals surface area contributed by atoms with E-state index >= 15 is 0 Å². The summed E-state index contributed by atoms with van der Waals surface area (Å²) in [7, 11) is -3.91. The molecule has 3 rings (SSSR count). The summed E-state index contributed by atoms with van der Waals surface area (Å²) in [5, 5.41) is 3.01. The van der Waals surface area contributed by atoms with Crippen LogP contribution in [-0.4, -0.2) is 38.3 Å². The first-order chi connectivity index (χ1) is 14.2. The molecule has 1 amide bonds. The van der Waals surface area contributed by atoms with Crippen molar-refractivity contribution in [1.82, 2.24) is 4.31 Å². The van der Waals surface area contributed by atoms with Gasteiger partial charge in [0.1, 0.15) is 16.5 Å². The van der Waals surface area contributed by atoms with E-state index < -0.39 is 21.8 Å². The zero-order chi connectivity index (χ0) is 21.9. The van der Waals surface area contributed by atoms with E-state index in [1.165, 1.54) is 28.6 Å². The minimum Gasteiger partial charge on any atom is -0.492 e. The standard InChI is InChI=1S/C21H24ClFN2O4S/c1-3-29-19-9-7-16(22)11-20(19)30(27,28)25-10-4-5-15(13-25)21(26)24-18-12-17(23)8-6-14(18)2/h6-9,11-12,15H,3-5,10,13H2,1-2H3,(H,24,26)/t15-/m0/s1. The third-order valence-corrected chi connectivity index (χ3v) is 7.16. The lowest BCUT2D eigenvalue weighted by molar-refractivity contribution is -0.120. The number of nitrogens with zero attached hydrogens (tertiary/aromatic N) is 1. The van der Waals surface area contributed by atoms with Gasteiger partial charge in [-0.05, 0) is 62.6 Å². The number of piperidine rings is 1. The predicted octanol–water partition coefficient (Wildman–Crippen LogP) is 4.23. The molecule has 2 aromatic carbocycles. The fourth-order valence-electron chi connectivity index (χ4n) is 3.44. The number of carbonyl (C=O) groups excluding carboxylic acids is 1. The molecule has 0 aliphatic carbocycles. The highest BCUT2D eigenvalue weighted by molar-refractivity contribution is 7.89.